The molecule has 4 heteroatoms. The zero-order chi connectivity index (χ0) is 11.4. The van der Waals surface area contributed by atoms with Crippen molar-refractivity contribution in [2.24, 2.45) is 0 Å². The molecule has 0 atom stereocenters. The third-order valence-electron chi connectivity index (χ3n) is 2.25. The minimum atomic E-state index is 0.128. The molecule has 0 bridgehead atoms. The number of rotatable bonds is 4. The van der Waals surface area contributed by atoms with Crippen molar-refractivity contribution in [2.45, 2.75) is 13.1 Å². The summed E-state index contributed by atoms with van der Waals surface area (Å²) in [7, 11) is 0. The van der Waals surface area contributed by atoms with E-state index in [-0.39, 0.29) is 5.75 Å². The van der Waals surface area contributed by atoms with Gasteiger partial charge in [0.2, 0.25) is 0 Å². The fraction of sp³-hybridized carbons (Fsp3) is 0.167. The highest BCUT2D eigenvalue weighted by atomic mass is 35.5. The summed E-state index contributed by atoms with van der Waals surface area (Å²) < 4.78 is 0. The van der Waals surface area contributed by atoms with Gasteiger partial charge >= 0.3 is 0 Å². The molecular weight excluding hydrogens is 242 g/mol. The Bertz CT molecular complexity index is 456. The number of hydrogen-bond acceptors (Lipinski definition) is 3. The highest BCUT2D eigenvalue weighted by Crippen LogP contribution is 2.23. The number of benzene rings is 1. The van der Waals surface area contributed by atoms with Gasteiger partial charge in [-0.25, -0.2) is 0 Å². The van der Waals surface area contributed by atoms with Crippen molar-refractivity contribution in [1.82, 2.24) is 5.32 Å². The average molecular weight is 254 g/mol. The lowest BCUT2D eigenvalue weighted by Gasteiger charge is -2.05. The van der Waals surface area contributed by atoms with Crippen LogP contribution in [0.25, 0.3) is 0 Å². The molecule has 0 saturated carbocycles. The summed E-state index contributed by atoms with van der Waals surface area (Å²) in [5, 5.41) is 17.2. The van der Waals surface area contributed by atoms with Crippen LogP contribution in [-0.4, -0.2) is 5.11 Å². The standard InChI is InChI=1S/C12H12ClNOS/c13-11-5-9(1-2-12(11)15)6-14-7-10-3-4-16-8-10/h1-5,8,14-15H,6-7H2. The molecule has 0 fully saturated rings. The topological polar surface area (TPSA) is 32.3 Å². The number of nitrogens with one attached hydrogen (secondary N) is 1. The van der Waals surface area contributed by atoms with E-state index < -0.39 is 0 Å². The zero-order valence-electron chi connectivity index (χ0n) is 8.61. The van der Waals surface area contributed by atoms with Crippen LogP contribution in [0.15, 0.2) is 35.0 Å². The van der Waals surface area contributed by atoms with Crippen LogP contribution in [0.4, 0.5) is 0 Å². The van der Waals surface area contributed by atoms with Crippen molar-refractivity contribution in [1.29, 1.82) is 0 Å². The molecule has 2 N–H and O–H groups in total. The maximum atomic E-state index is 9.27. The van der Waals surface area contributed by atoms with Gasteiger partial charge < -0.3 is 10.4 Å². The Hall–Kier alpha value is -1.03. The maximum absolute atomic E-state index is 9.27. The lowest BCUT2D eigenvalue weighted by Crippen LogP contribution is -2.11. The molecule has 0 aliphatic heterocycles. The van der Waals surface area contributed by atoms with Crippen LogP contribution in [0.1, 0.15) is 11.1 Å². The molecule has 84 valence electrons. The minimum absolute atomic E-state index is 0.128. The lowest BCUT2D eigenvalue weighted by molar-refractivity contribution is 0.475. The molecule has 2 aromatic rings. The smallest absolute Gasteiger partial charge is 0.134 e. The Morgan fingerprint density at radius 3 is 2.69 bits per heavy atom. The first-order chi connectivity index (χ1) is 7.75. The van der Waals surface area contributed by atoms with Gasteiger partial charge in [0.1, 0.15) is 5.75 Å². The van der Waals surface area contributed by atoms with Gasteiger partial charge in [-0.2, -0.15) is 11.3 Å². The first kappa shape index (κ1) is 11.5. The molecule has 1 aromatic carbocycles. The van der Waals surface area contributed by atoms with E-state index in [2.05, 4.69) is 22.1 Å². The van der Waals surface area contributed by atoms with Gasteiger partial charge in [-0.05, 0) is 40.1 Å². The van der Waals surface area contributed by atoms with E-state index in [1.807, 2.05) is 6.07 Å². The van der Waals surface area contributed by atoms with Crippen molar-refractivity contribution in [3.05, 3.63) is 51.2 Å². The normalized spacial score (nSPS) is 10.6. The van der Waals surface area contributed by atoms with Gasteiger partial charge in [-0.3, -0.25) is 0 Å². The zero-order valence-corrected chi connectivity index (χ0v) is 10.2. The van der Waals surface area contributed by atoms with E-state index in [4.69, 9.17) is 11.6 Å². The predicted octanol–water partition coefficient (Wildman–Crippen LogP) is 3.40. The summed E-state index contributed by atoms with van der Waals surface area (Å²) in [6, 6.07) is 7.35. The molecular formula is C12H12ClNOS. The monoisotopic (exact) mass is 253 g/mol. The molecule has 2 rings (SSSR count). The fourth-order valence-corrected chi connectivity index (χ4v) is 2.28. The molecule has 0 radical (unpaired) electrons. The van der Waals surface area contributed by atoms with Crippen molar-refractivity contribution in [2.75, 3.05) is 0 Å². The summed E-state index contributed by atoms with van der Waals surface area (Å²) >= 11 is 7.51. The fourth-order valence-electron chi connectivity index (χ4n) is 1.40. The molecule has 0 aliphatic carbocycles. The second-order valence-electron chi connectivity index (χ2n) is 3.52. The third-order valence-corrected chi connectivity index (χ3v) is 3.29. The molecule has 0 unspecified atom stereocenters. The van der Waals surface area contributed by atoms with Gasteiger partial charge in [0, 0.05) is 13.1 Å². The first-order valence-electron chi connectivity index (χ1n) is 4.95. The van der Waals surface area contributed by atoms with Crippen LogP contribution in [0.2, 0.25) is 5.02 Å². The largest absolute Gasteiger partial charge is 0.506 e. The first-order valence-corrected chi connectivity index (χ1v) is 6.27. The molecule has 16 heavy (non-hydrogen) atoms. The molecule has 0 aliphatic rings. The SMILES string of the molecule is Oc1ccc(CNCc2ccsc2)cc1Cl. The van der Waals surface area contributed by atoms with Crippen molar-refractivity contribution in [3.63, 3.8) is 0 Å². The summed E-state index contributed by atoms with van der Waals surface area (Å²) in [5.74, 6) is 0.128. The van der Waals surface area contributed by atoms with Crippen LogP contribution >= 0.6 is 22.9 Å². The summed E-state index contributed by atoms with van der Waals surface area (Å²) in [6.07, 6.45) is 0. The lowest BCUT2D eigenvalue weighted by atomic mass is 10.2. The number of phenolic OH excluding ortho intramolecular Hbond substituents is 1. The highest BCUT2D eigenvalue weighted by Gasteiger charge is 1.99. The molecule has 0 amide bonds. The Morgan fingerprint density at radius 2 is 2.00 bits per heavy atom. The second-order valence-corrected chi connectivity index (χ2v) is 4.71. The molecule has 0 spiro atoms. The van der Waals surface area contributed by atoms with E-state index in [1.54, 1.807) is 23.5 Å². The summed E-state index contributed by atoms with van der Waals surface area (Å²) in [6.45, 7) is 1.60. The Balaban J connectivity index is 1.87. The maximum Gasteiger partial charge on any atom is 0.134 e. The van der Waals surface area contributed by atoms with Gasteiger partial charge in [-0.1, -0.05) is 17.7 Å². The van der Waals surface area contributed by atoms with E-state index in [9.17, 15) is 5.11 Å². The van der Waals surface area contributed by atoms with Gasteiger partial charge in [0.15, 0.2) is 0 Å². The van der Waals surface area contributed by atoms with E-state index in [0.29, 0.717) is 5.02 Å². The molecule has 0 saturated heterocycles. The van der Waals surface area contributed by atoms with Crippen LogP contribution in [0, 0.1) is 0 Å². The van der Waals surface area contributed by atoms with E-state index >= 15 is 0 Å². The summed E-state index contributed by atoms with van der Waals surface area (Å²) in [5.41, 5.74) is 2.35. The highest BCUT2D eigenvalue weighted by molar-refractivity contribution is 7.07. The summed E-state index contributed by atoms with van der Waals surface area (Å²) in [4.78, 5) is 0. The van der Waals surface area contributed by atoms with Crippen LogP contribution < -0.4 is 5.32 Å². The molecule has 1 heterocycles. The van der Waals surface area contributed by atoms with Gasteiger partial charge in [0.25, 0.3) is 0 Å². The molecule has 2 nitrogen and oxygen atoms in total. The van der Waals surface area contributed by atoms with Gasteiger partial charge in [-0.15, -0.1) is 0 Å². The van der Waals surface area contributed by atoms with Crippen molar-refractivity contribution >= 4 is 22.9 Å². The van der Waals surface area contributed by atoms with Crippen molar-refractivity contribution < 1.29 is 5.11 Å². The number of halogens is 1. The Labute approximate surface area is 104 Å². The minimum Gasteiger partial charge on any atom is -0.506 e. The second kappa shape index (κ2) is 5.34. The van der Waals surface area contributed by atoms with E-state index in [1.165, 1.54) is 5.56 Å². The van der Waals surface area contributed by atoms with Gasteiger partial charge in [0.05, 0.1) is 5.02 Å². The predicted molar refractivity (Wildman–Crippen MR) is 68.0 cm³/mol. The van der Waals surface area contributed by atoms with E-state index in [0.717, 1.165) is 18.7 Å². The Morgan fingerprint density at radius 1 is 1.19 bits per heavy atom. The van der Waals surface area contributed by atoms with Crippen LogP contribution in [0.5, 0.6) is 5.75 Å². The Kier molecular flexibility index (Phi) is 3.83. The number of phenols is 1. The number of aromatic hydroxyl groups is 1. The van der Waals surface area contributed by atoms with Crippen LogP contribution in [0.3, 0.4) is 0 Å². The van der Waals surface area contributed by atoms with Crippen molar-refractivity contribution in [3.8, 4) is 5.75 Å². The quantitative estimate of drug-likeness (QED) is 0.875. The number of hydrogen-bond donors (Lipinski definition) is 2. The third kappa shape index (κ3) is 2.98. The molecule has 1 aromatic heterocycles. The average Bonchev–Trinajstić information content (AvgIpc) is 2.76. The van der Waals surface area contributed by atoms with Crippen LogP contribution in [-0.2, 0) is 13.1 Å². The number of thiophene rings is 1.